The predicted molar refractivity (Wildman–Crippen MR) is 73.5 cm³/mol. The van der Waals surface area contributed by atoms with E-state index in [1.807, 2.05) is 0 Å². The van der Waals surface area contributed by atoms with Crippen LogP contribution in [0, 0.1) is 11.3 Å². The first-order valence-electron chi connectivity index (χ1n) is 7.77. The molecule has 0 heterocycles. The minimum atomic E-state index is -0.0938. The van der Waals surface area contributed by atoms with Crippen molar-refractivity contribution in [2.75, 3.05) is 0 Å². The van der Waals surface area contributed by atoms with Gasteiger partial charge in [-0.3, -0.25) is 0 Å². The van der Waals surface area contributed by atoms with Crippen LogP contribution >= 0.6 is 0 Å². The molecule has 4 N–H and O–H groups in total. The fraction of sp³-hybridized carbons (Fsp3) is 1.00. The highest BCUT2D eigenvalue weighted by Gasteiger charge is 2.41. The van der Waals surface area contributed by atoms with Gasteiger partial charge in [0.15, 0.2) is 0 Å². The highest BCUT2D eigenvalue weighted by atomic mass is 14.9. The molecule has 0 bridgehead atoms. The van der Waals surface area contributed by atoms with E-state index in [2.05, 4.69) is 0 Å². The number of nitrogens with two attached hydrogens (primary N) is 2. The smallest absolute Gasteiger partial charge is 0.0581 e. The third-order valence-corrected chi connectivity index (χ3v) is 5.37. The lowest BCUT2D eigenvalue weighted by molar-refractivity contribution is 0.0816. The molecule has 2 saturated carbocycles. The monoisotopic (exact) mass is 238 g/mol. The van der Waals surface area contributed by atoms with Crippen molar-refractivity contribution < 1.29 is 0 Å². The lowest BCUT2D eigenvalue weighted by Gasteiger charge is -2.43. The Labute approximate surface area is 107 Å². The third kappa shape index (κ3) is 3.03. The Morgan fingerprint density at radius 3 is 1.65 bits per heavy atom. The van der Waals surface area contributed by atoms with Crippen LogP contribution in [-0.4, -0.2) is 6.17 Å². The summed E-state index contributed by atoms with van der Waals surface area (Å²) in [5.74, 6) is 0.808. The highest BCUT2D eigenvalue weighted by molar-refractivity contribution is 4.93. The van der Waals surface area contributed by atoms with Crippen LogP contribution in [0.25, 0.3) is 0 Å². The molecule has 2 aliphatic rings. The Hall–Kier alpha value is -0.0800. The Kier molecular flexibility index (Phi) is 4.87. The second kappa shape index (κ2) is 6.19. The molecule has 0 aromatic heterocycles. The molecule has 0 radical (unpaired) electrons. The average molecular weight is 238 g/mol. The summed E-state index contributed by atoms with van der Waals surface area (Å²) in [5, 5.41) is 0. The van der Waals surface area contributed by atoms with Crippen LogP contribution in [0.15, 0.2) is 0 Å². The van der Waals surface area contributed by atoms with Gasteiger partial charge in [0.2, 0.25) is 0 Å². The van der Waals surface area contributed by atoms with E-state index in [1.165, 1.54) is 77.0 Å². The Balaban J connectivity index is 2.12. The molecule has 0 aromatic carbocycles. The first-order valence-corrected chi connectivity index (χ1v) is 7.77. The Bertz CT molecular complexity index is 209. The fourth-order valence-corrected chi connectivity index (χ4v) is 4.25. The SMILES string of the molecule is NC(N)C1(C2CCCCCC2)CCCCCC1. The number of rotatable bonds is 2. The van der Waals surface area contributed by atoms with Gasteiger partial charge in [0, 0.05) is 5.41 Å². The van der Waals surface area contributed by atoms with Crippen LogP contribution in [0.2, 0.25) is 0 Å². The van der Waals surface area contributed by atoms with E-state index in [1.54, 1.807) is 0 Å². The molecule has 0 saturated heterocycles. The van der Waals surface area contributed by atoms with Crippen LogP contribution < -0.4 is 11.5 Å². The maximum absolute atomic E-state index is 6.23. The molecule has 2 heteroatoms. The van der Waals surface area contributed by atoms with Crippen molar-refractivity contribution in [3.05, 3.63) is 0 Å². The number of hydrogen-bond acceptors (Lipinski definition) is 2. The van der Waals surface area contributed by atoms with E-state index in [0.717, 1.165) is 5.92 Å². The van der Waals surface area contributed by atoms with Crippen molar-refractivity contribution in [3.8, 4) is 0 Å². The summed E-state index contributed by atoms with van der Waals surface area (Å²) >= 11 is 0. The van der Waals surface area contributed by atoms with Gasteiger partial charge >= 0.3 is 0 Å². The van der Waals surface area contributed by atoms with Gasteiger partial charge in [-0.25, -0.2) is 0 Å². The summed E-state index contributed by atoms with van der Waals surface area (Å²) in [4.78, 5) is 0. The molecule has 2 rings (SSSR count). The lowest BCUT2D eigenvalue weighted by Crippen LogP contribution is -2.52. The van der Waals surface area contributed by atoms with Gasteiger partial charge in [0.05, 0.1) is 6.17 Å². The molecule has 17 heavy (non-hydrogen) atoms. The molecule has 0 amide bonds. The van der Waals surface area contributed by atoms with Crippen molar-refractivity contribution in [1.82, 2.24) is 0 Å². The normalized spacial score (nSPS) is 27.7. The van der Waals surface area contributed by atoms with E-state index >= 15 is 0 Å². The van der Waals surface area contributed by atoms with Gasteiger partial charge in [-0.2, -0.15) is 0 Å². The minimum absolute atomic E-state index is 0.0938. The molecule has 0 atom stereocenters. The van der Waals surface area contributed by atoms with Gasteiger partial charge in [-0.05, 0) is 31.6 Å². The van der Waals surface area contributed by atoms with E-state index < -0.39 is 0 Å². The molecule has 0 aromatic rings. The summed E-state index contributed by atoms with van der Waals surface area (Å²) in [6.07, 6.45) is 16.4. The van der Waals surface area contributed by atoms with Crippen LogP contribution in [-0.2, 0) is 0 Å². The van der Waals surface area contributed by atoms with E-state index in [9.17, 15) is 0 Å². The standard InChI is InChI=1S/C15H30N2/c16-14(17)15(11-7-3-4-8-12-15)13-9-5-1-2-6-10-13/h13-14H,1-12,16-17H2. The number of hydrogen-bond donors (Lipinski definition) is 2. The maximum atomic E-state index is 6.23. The molecule has 0 aliphatic heterocycles. The zero-order chi connectivity index (χ0) is 12.1. The average Bonchev–Trinajstić information content (AvgIpc) is 2.72. The van der Waals surface area contributed by atoms with E-state index in [-0.39, 0.29) is 11.6 Å². The minimum Gasteiger partial charge on any atom is -0.316 e. The van der Waals surface area contributed by atoms with Crippen molar-refractivity contribution in [2.24, 2.45) is 22.8 Å². The zero-order valence-electron chi connectivity index (χ0n) is 11.3. The van der Waals surface area contributed by atoms with Gasteiger partial charge in [-0.15, -0.1) is 0 Å². The summed E-state index contributed by atoms with van der Waals surface area (Å²) in [5.41, 5.74) is 12.7. The molecular formula is C15H30N2. The topological polar surface area (TPSA) is 52.0 Å². The van der Waals surface area contributed by atoms with Gasteiger partial charge in [0.25, 0.3) is 0 Å². The van der Waals surface area contributed by atoms with Crippen molar-refractivity contribution in [1.29, 1.82) is 0 Å². The van der Waals surface area contributed by atoms with E-state index in [4.69, 9.17) is 11.5 Å². The highest BCUT2D eigenvalue weighted by Crippen LogP contribution is 2.47. The van der Waals surface area contributed by atoms with Crippen molar-refractivity contribution in [2.45, 2.75) is 83.2 Å². The first kappa shape index (κ1) is 13.4. The predicted octanol–water partition coefficient (Wildman–Crippen LogP) is 3.54. The summed E-state index contributed by atoms with van der Waals surface area (Å²) < 4.78 is 0. The van der Waals surface area contributed by atoms with Gasteiger partial charge in [-0.1, -0.05) is 51.4 Å². The molecule has 100 valence electrons. The van der Waals surface area contributed by atoms with Crippen LogP contribution in [0.3, 0.4) is 0 Å². The maximum Gasteiger partial charge on any atom is 0.0581 e. The van der Waals surface area contributed by atoms with Crippen molar-refractivity contribution >= 4 is 0 Å². The van der Waals surface area contributed by atoms with Crippen molar-refractivity contribution in [3.63, 3.8) is 0 Å². The third-order valence-electron chi connectivity index (χ3n) is 5.37. The van der Waals surface area contributed by atoms with Crippen LogP contribution in [0.4, 0.5) is 0 Å². The van der Waals surface area contributed by atoms with Crippen LogP contribution in [0.1, 0.15) is 77.0 Å². The first-order chi connectivity index (χ1) is 8.26. The summed E-state index contributed by atoms with van der Waals surface area (Å²) in [7, 11) is 0. The van der Waals surface area contributed by atoms with E-state index in [0.29, 0.717) is 0 Å². The quantitative estimate of drug-likeness (QED) is 0.571. The summed E-state index contributed by atoms with van der Waals surface area (Å²) in [6, 6.07) is 0. The summed E-state index contributed by atoms with van der Waals surface area (Å²) in [6.45, 7) is 0. The zero-order valence-corrected chi connectivity index (χ0v) is 11.3. The molecule has 0 unspecified atom stereocenters. The molecular weight excluding hydrogens is 208 g/mol. The molecule has 2 aliphatic carbocycles. The Morgan fingerprint density at radius 2 is 1.18 bits per heavy atom. The van der Waals surface area contributed by atoms with Crippen LogP contribution in [0.5, 0.6) is 0 Å². The van der Waals surface area contributed by atoms with Gasteiger partial charge < -0.3 is 11.5 Å². The molecule has 2 nitrogen and oxygen atoms in total. The van der Waals surface area contributed by atoms with Gasteiger partial charge in [0.1, 0.15) is 0 Å². The second-order valence-electron chi connectivity index (χ2n) is 6.36. The lowest BCUT2D eigenvalue weighted by atomic mass is 9.65. The second-order valence-corrected chi connectivity index (χ2v) is 6.36. The molecule has 0 spiro atoms. The fourth-order valence-electron chi connectivity index (χ4n) is 4.25. The molecule has 2 fully saturated rings. The Morgan fingerprint density at radius 1 is 0.706 bits per heavy atom. The largest absolute Gasteiger partial charge is 0.316 e.